The Morgan fingerprint density at radius 3 is 2.09 bits per heavy atom. The second-order valence-electron chi connectivity index (χ2n) is 7.83. The van der Waals surface area contributed by atoms with Gasteiger partial charge >= 0.3 is 5.97 Å². The van der Waals surface area contributed by atoms with Gasteiger partial charge in [-0.05, 0) is 49.2 Å². The van der Waals surface area contributed by atoms with Gasteiger partial charge in [-0.1, -0.05) is 68.7 Å². The fourth-order valence-electron chi connectivity index (χ4n) is 3.61. The number of benzene rings is 3. The maximum absolute atomic E-state index is 13.7. The largest absolute Gasteiger partial charge is 0.478 e. The fraction of sp³-hybridized carbons (Fsp3) is 0.222. The molecule has 1 N–H and O–H groups in total. The summed E-state index contributed by atoms with van der Waals surface area (Å²) in [5.74, 6) is -1.67. The van der Waals surface area contributed by atoms with Crippen molar-refractivity contribution in [1.29, 1.82) is 0 Å². The van der Waals surface area contributed by atoms with E-state index in [1.807, 2.05) is 0 Å². The number of sulfone groups is 1. The van der Waals surface area contributed by atoms with Crippen LogP contribution in [0.15, 0.2) is 93.6 Å². The molecule has 0 spiro atoms. The molecule has 0 amide bonds. The molecule has 7 heteroatoms. The topological polar surface area (TPSA) is 101 Å². The number of Topliss-reactive ketones (excluding diaryl/α,β-unsaturated/α-hetero) is 1. The quantitative estimate of drug-likeness (QED) is 0.203. The Morgan fingerprint density at radius 1 is 0.794 bits per heavy atom. The number of unbranched alkanes of at least 4 members (excludes halogenated alkanes) is 3. The van der Waals surface area contributed by atoms with Gasteiger partial charge in [-0.2, -0.15) is 0 Å². The number of aliphatic imine (C=N–C) groups is 1. The molecule has 0 aliphatic heterocycles. The molecule has 0 fully saturated rings. The maximum Gasteiger partial charge on any atom is 0.337 e. The highest BCUT2D eigenvalue weighted by Gasteiger charge is 2.26. The van der Waals surface area contributed by atoms with E-state index in [-0.39, 0.29) is 32.3 Å². The summed E-state index contributed by atoms with van der Waals surface area (Å²) >= 11 is 0. The fourth-order valence-corrected chi connectivity index (χ4v) is 5.08. The number of para-hydroxylation sites is 1. The van der Waals surface area contributed by atoms with Gasteiger partial charge in [0.1, 0.15) is 0 Å². The molecule has 6 nitrogen and oxygen atoms in total. The van der Waals surface area contributed by atoms with Crippen LogP contribution in [-0.2, 0) is 9.84 Å². The normalized spacial score (nSPS) is 11.9. The van der Waals surface area contributed by atoms with Crippen LogP contribution in [0.2, 0.25) is 0 Å². The molecule has 0 aromatic heterocycles. The summed E-state index contributed by atoms with van der Waals surface area (Å²) in [6, 6.07) is 20.2. The van der Waals surface area contributed by atoms with Crippen LogP contribution in [0.4, 0.5) is 5.69 Å². The molecule has 34 heavy (non-hydrogen) atoms. The van der Waals surface area contributed by atoms with E-state index < -0.39 is 21.6 Å². The van der Waals surface area contributed by atoms with Crippen LogP contribution in [0.5, 0.6) is 0 Å². The van der Waals surface area contributed by atoms with E-state index in [9.17, 15) is 23.1 Å². The number of carbonyl (C=O) groups is 2. The van der Waals surface area contributed by atoms with Crippen molar-refractivity contribution < 1.29 is 23.1 Å². The Labute approximate surface area is 199 Å². The SMILES string of the molecule is CCCCCCC(=Nc1ccccc1C(=O)O)C(=O)c1ccccc1S(=O)(=O)c1ccccc1. The lowest BCUT2D eigenvalue weighted by molar-refractivity contribution is 0.0697. The maximum atomic E-state index is 13.7. The first-order valence-electron chi connectivity index (χ1n) is 11.2. The predicted molar refractivity (Wildman–Crippen MR) is 132 cm³/mol. The van der Waals surface area contributed by atoms with E-state index in [0.29, 0.717) is 12.8 Å². The van der Waals surface area contributed by atoms with Gasteiger partial charge < -0.3 is 5.11 Å². The number of ketones is 1. The minimum atomic E-state index is -3.94. The zero-order valence-electron chi connectivity index (χ0n) is 19.0. The number of rotatable bonds is 11. The Balaban J connectivity index is 2.09. The molecule has 3 aromatic rings. The molecule has 0 radical (unpaired) electrons. The molecule has 0 aliphatic carbocycles. The molecule has 0 bridgehead atoms. The third kappa shape index (κ3) is 5.85. The van der Waals surface area contributed by atoms with Crippen molar-refractivity contribution in [2.24, 2.45) is 4.99 Å². The highest BCUT2D eigenvalue weighted by molar-refractivity contribution is 7.91. The first-order chi connectivity index (χ1) is 16.4. The van der Waals surface area contributed by atoms with Crippen molar-refractivity contribution in [3.63, 3.8) is 0 Å². The average molecular weight is 478 g/mol. The lowest BCUT2D eigenvalue weighted by atomic mass is 10.0. The second kappa shape index (κ2) is 11.5. The van der Waals surface area contributed by atoms with Crippen LogP contribution < -0.4 is 0 Å². The molecule has 0 saturated heterocycles. The zero-order valence-corrected chi connectivity index (χ0v) is 19.8. The van der Waals surface area contributed by atoms with Gasteiger partial charge in [0.2, 0.25) is 15.6 Å². The van der Waals surface area contributed by atoms with Gasteiger partial charge in [0.25, 0.3) is 0 Å². The average Bonchev–Trinajstić information content (AvgIpc) is 2.86. The van der Waals surface area contributed by atoms with Crippen molar-refractivity contribution in [3.05, 3.63) is 90.0 Å². The molecule has 0 heterocycles. The third-order valence-electron chi connectivity index (χ3n) is 5.39. The third-order valence-corrected chi connectivity index (χ3v) is 7.22. The van der Waals surface area contributed by atoms with Gasteiger partial charge in [0.05, 0.1) is 26.8 Å². The van der Waals surface area contributed by atoms with E-state index >= 15 is 0 Å². The standard InChI is InChI=1S/C27H27NO5S/c1-2-3-4-8-18-24(28-23-17-11-9-15-21(23)27(30)31)26(29)22-16-10-12-19-25(22)34(32,33)20-13-6-5-7-14-20/h5-7,9-17,19H,2-4,8,18H2,1H3,(H,30,31). The van der Waals surface area contributed by atoms with Gasteiger partial charge in [-0.25, -0.2) is 18.2 Å². The lowest BCUT2D eigenvalue weighted by Crippen LogP contribution is -2.18. The van der Waals surface area contributed by atoms with Crippen molar-refractivity contribution in [3.8, 4) is 0 Å². The zero-order chi connectivity index (χ0) is 24.6. The predicted octanol–water partition coefficient (Wildman–Crippen LogP) is 6.14. The summed E-state index contributed by atoms with van der Waals surface area (Å²) in [5, 5.41) is 9.52. The number of carboxylic acids is 1. The number of nitrogens with zero attached hydrogens (tertiary/aromatic N) is 1. The Bertz CT molecular complexity index is 1300. The van der Waals surface area contributed by atoms with Crippen LogP contribution in [0, 0.1) is 0 Å². The molecule has 0 unspecified atom stereocenters. The smallest absolute Gasteiger partial charge is 0.337 e. The van der Waals surface area contributed by atoms with Crippen LogP contribution in [-0.4, -0.2) is 31.0 Å². The Morgan fingerprint density at radius 2 is 1.41 bits per heavy atom. The highest BCUT2D eigenvalue weighted by Crippen LogP contribution is 2.27. The Hall–Kier alpha value is -3.58. The molecule has 3 rings (SSSR count). The summed E-state index contributed by atoms with van der Waals surface area (Å²) in [7, 11) is -3.94. The van der Waals surface area contributed by atoms with E-state index in [0.717, 1.165) is 19.3 Å². The number of carboxylic acid groups (broad SMARTS) is 1. The molecule has 0 aliphatic rings. The molecular weight excluding hydrogens is 450 g/mol. The molecule has 0 saturated carbocycles. The first kappa shape index (κ1) is 25.1. The van der Waals surface area contributed by atoms with Crippen LogP contribution in [0.25, 0.3) is 0 Å². The van der Waals surface area contributed by atoms with Crippen LogP contribution in [0.1, 0.15) is 59.7 Å². The molecular formula is C27H27NO5S. The van der Waals surface area contributed by atoms with Crippen molar-refractivity contribution in [2.75, 3.05) is 0 Å². The number of carbonyl (C=O) groups excluding carboxylic acids is 1. The van der Waals surface area contributed by atoms with Crippen molar-refractivity contribution in [2.45, 2.75) is 48.8 Å². The number of aromatic carboxylic acids is 1. The van der Waals surface area contributed by atoms with Gasteiger partial charge in [-0.15, -0.1) is 0 Å². The first-order valence-corrected chi connectivity index (χ1v) is 12.7. The summed E-state index contributed by atoms with van der Waals surface area (Å²) in [5.41, 5.74) is 0.303. The molecule has 3 aromatic carbocycles. The van der Waals surface area contributed by atoms with Gasteiger partial charge in [0.15, 0.2) is 0 Å². The summed E-state index contributed by atoms with van der Waals surface area (Å²) in [4.78, 5) is 29.7. The summed E-state index contributed by atoms with van der Waals surface area (Å²) < 4.78 is 26.6. The number of hydrogen-bond acceptors (Lipinski definition) is 5. The van der Waals surface area contributed by atoms with E-state index in [4.69, 9.17) is 0 Å². The minimum Gasteiger partial charge on any atom is -0.478 e. The molecule has 0 atom stereocenters. The van der Waals surface area contributed by atoms with E-state index in [1.54, 1.807) is 42.5 Å². The van der Waals surface area contributed by atoms with Gasteiger partial charge in [0, 0.05) is 5.56 Å². The van der Waals surface area contributed by atoms with Crippen molar-refractivity contribution >= 4 is 33.0 Å². The highest BCUT2D eigenvalue weighted by atomic mass is 32.2. The summed E-state index contributed by atoms with van der Waals surface area (Å²) in [6.45, 7) is 2.08. The Kier molecular flexibility index (Phi) is 8.49. The van der Waals surface area contributed by atoms with E-state index in [2.05, 4.69) is 11.9 Å². The minimum absolute atomic E-state index is 0.0217. The van der Waals surface area contributed by atoms with Crippen LogP contribution in [0.3, 0.4) is 0 Å². The summed E-state index contributed by atoms with van der Waals surface area (Å²) in [6.07, 6.45) is 3.88. The second-order valence-corrected chi connectivity index (χ2v) is 9.75. The van der Waals surface area contributed by atoms with E-state index in [1.165, 1.54) is 36.4 Å². The van der Waals surface area contributed by atoms with Gasteiger partial charge in [-0.3, -0.25) is 4.79 Å². The van der Waals surface area contributed by atoms with Crippen LogP contribution >= 0.6 is 0 Å². The lowest BCUT2D eigenvalue weighted by Gasteiger charge is -2.12. The van der Waals surface area contributed by atoms with Crippen molar-refractivity contribution in [1.82, 2.24) is 0 Å². The number of hydrogen-bond donors (Lipinski definition) is 1. The monoisotopic (exact) mass is 477 g/mol. The molecule has 176 valence electrons.